The quantitative estimate of drug-likeness (QED) is 0.675. The van der Waals surface area contributed by atoms with Crippen molar-refractivity contribution in [3.63, 3.8) is 0 Å². The first-order chi connectivity index (χ1) is 9.44. The molecule has 0 unspecified atom stereocenters. The molecule has 0 fully saturated rings. The number of aromatic nitrogens is 1. The molecule has 0 bridgehead atoms. The zero-order valence-corrected chi connectivity index (χ0v) is 13.6. The Kier molecular flexibility index (Phi) is 4.72. The maximum Gasteiger partial charge on any atom is 0.164 e. The predicted octanol–water partition coefficient (Wildman–Crippen LogP) is 4.92. The molecule has 0 saturated heterocycles. The number of nitrogens with zero attached hydrogens (tertiary/aromatic N) is 1. The molecule has 0 radical (unpaired) electrons. The van der Waals surface area contributed by atoms with Crippen LogP contribution in [0.3, 0.4) is 0 Å². The Morgan fingerprint density at radius 2 is 2.00 bits per heavy atom. The third-order valence-electron chi connectivity index (χ3n) is 4.58. The Balaban J connectivity index is 2.15. The SMILES string of the molecule is CCCCCC(C)(C)Cn1c(C)cc2c1CCCC2=O. The lowest BCUT2D eigenvalue weighted by Crippen LogP contribution is -2.23. The number of rotatable bonds is 6. The van der Waals surface area contributed by atoms with Crippen molar-refractivity contribution in [2.24, 2.45) is 5.41 Å². The summed E-state index contributed by atoms with van der Waals surface area (Å²) >= 11 is 0. The number of carbonyl (C=O) groups is 1. The minimum absolute atomic E-state index is 0.313. The molecule has 1 heterocycles. The van der Waals surface area contributed by atoms with E-state index in [1.54, 1.807) is 0 Å². The average molecular weight is 275 g/mol. The van der Waals surface area contributed by atoms with Crippen LogP contribution >= 0.6 is 0 Å². The lowest BCUT2D eigenvalue weighted by molar-refractivity contribution is 0.0971. The number of Topliss-reactive ketones (excluding diaryl/α,β-unsaturated/α-hetero) is 1. The van der Waals surface area contributed by atoms with Crippen molar-refractivity contribution in [3.8, 4) is 0 Å². The molecule has 2 rings (SSSR count). The minimum atomic E-state index is 0.313. The molecule has 0 saturated carbocycles. The standard InChI is InChI=1S/C18H29NO/c1-5-6-7-11-18(3,4)13-19-14(2)12-15-16(19)9-8-10-17(15)20/h12H,5-11,13H2,1-4H3. The lowest BCUT2D eigenvalue weighted by Gasteiger charge is -2.28. The summed E-state index contributed by atoms with van der Waals surface area (Å²) in [5.74, 6) is 0.344. The minimum Gasteiger partial charge on any atom is -0.348 e. The van der Waals surface area contributed by atoms with Gasteiger partial charge in [-0.2, -0.15) is 0 Å². The van der Waals surface area contributed by atoms with Crippen LogP contribution in [0.25, 0.3) is 0 Å². The van der Waals surface area contributed by atoms with Crippen molar-refractivity contribution in [1.29, 1.82) is 0 Å². The van der Waals surface area contributed by atoms with Gasteiger partial charge in [-0.3, -0.25) is 4.79 Å². The van der Waals surface area contributed by atoms with Gasteiger partial charge in [-0.1, -0.05) is 40.0 Å². The average Bonchev–Trinajstić information content (AvgIpc) is 2.68. The van der Waals surface area contributed by atoms with Gasteiger partial charge in [0, 0.05) is 29.9 Å². The van der Waals surface area contributed by atoms with Crippen molar-refractivity contribution in [2.45, 2.75) is 79.2 Å². The number of hydrogen-bond donors (Lipinski definition) is 0. The molecular formula is C18H29NO. The molecule has 0 amide bonds. The highest BCUT2D eigenvalue weighted by atomic mass is 16.1. The van der Waals surface area contributed by atoms with Gasteiger partial charge in [0.2, 0.25) is 0 Å². The fraction of sp³-hybridized carbons (Fsp3) is 0.722. The molecule has 0 N–H and O–H groups in total. The highest BCUT2D eigenvalue weighted by molar-refractivity contribution is 5.98. The highest BCUT2D eigenvalue weighted by Crippen LogP contribution is 2.31. The van der Waals surface area contributed by atoms with E-state index < -0.39 is 0 Å². The maximum atomic E-state index is 12.0. The normalized spacial score (nSPS) is 15.5. The second-order valence-corrected chi connectivity index (χ2v) is 7.13. The van der Waals surface area contributed by atoms with Crippen molar-refractivity contribution in [2.75, 3.05) is 0 Å². The lowest BCUT2D eigenvalue weighted by atomic mass is 9.86. The van der Waals surface area contributed by atoms with E-state index in [4.69, 9.17) is 0 Å². The molecule has 2 heteroatoms. The number of aryl methyl sites for hydroxylation is 1. The van der Waals surface area contributed by atoms with Gasteiger partial charge in [0.15, 0.2) is 5.78 Å². The first-order valence-electron chi connectivity index (χ1n) is 8.17. The van der Waals surface area contributed by atoms with Gasteiger partial charge in [0.05, 0.1) is 0 Å². The molecule has 1 aromatic heterocycles. The first-order valence-corrected chi connectivity index (χ1v) is 8.17. The van der Waals surface area contributed by atoms with Crippen molar-refractivity contribution in [1.82, 2.24) is 4.57 Å². The third-order valence-corrected chi connectivity index (χ3v) is 4.58. The Morgan fingerprint density at radius 1 is 1.25 bits per heavy atom. The molecule has 0 aliphatic heterocycles. The van der Waals surface area contributed by atoms with Crippen molar-refractivity contribution >= 4 is 5.78 Å². The van der Waals surface area contributed by atoms with E-state index in [2.05, 4.69) is 38.3 Å². The predicted molar refractivity (Wildman–Crippen MR) is 84.4 cm³/mol. The number of hydrogen-bond acceptors (Lipinski definition) is 1. The summed E-state index contributed by atoms with van der Waals surface area (Å²) in [5.41, 5.74) is 3.86. The van der Waals surface area contributed by atoms with Crippen LogP contribution in [0.15, 0.2) is 6.07 Å². The molecule has 20 heavy (non-hydrogen) atoms. The van der Waals surface area contributed by atoms with E-state index in [9.17, 15) is 4.79 Å². The fourth-order valence-corrected chi connectivity index (χ4v) is 3.37. The fourth-order valence-electron chi connectivity index (χ4n) is 3.37. The van der Waals surface area contributed by atoms with Gasteiger partial charge >= 0.3 is 0 Å². The second-order valence-electron chi connectivity index (χ2n) is 7.13. The van der Waals surface area contributed by atoms with Crippen molar-refractivity contribution < 1.29 is 4.79 Å². The zero-order valence-electron chi connectivity index (χ0n) is 13.6. The first kappa shape index (κ1) is 15.3. The van der Waals surface area contributed by atoms with E-state index >= 15 is 0 Å². The monoisotopic (exact) mass is 275 g/mol. The van der Waals surface area contributed by atoms with E-state index in [1.165, 1.54) is 37.1 Å². The van der Waals surface area contributed by atoms with E-state index in [1.807, 2.05) is 0 Å². The van der Waals surface area contributed by atoms with Crippen LogP contribution < -0.4 is 0 Å². The van der Waals surface area contributed by atoms with Crippen LogP contribution in [0.2, 0.25) is 0 Å². The Hall–Kier alpha value is -1.05. The van der Waals surface area contributed by atoms with Crippen LogP contribution in [-0.2, 0) is 13.0 Å². The molecule has 112 valence electrons. The Morgan fingerprint density at radius 3 is 2.70 bits per heavy atom. The summed E-state index contributed by atoms with van der Waals surface area (Å²) in [6.07, 6.45) is 8.00. The zero-order chi connectivity index (χ0) is 14.8. The van der Waals surface area contributed by atoms with E-state index in [0.717, 1.165) is 31.4 Å². The second kappa shape index (κ2) is 6.15. The Labute approximate surface area is 123 Å². The molecular weight excluding hydrogens is 246 g/mol. The summed E-state index contributed by atoms with van der Waals surface area (Å²) in [6.45, 7) is 10.2. The van der Waals surface area contributed by atoms with Crippen LogP contribution in [0.4, 0.5) is 0 Å². The van der Waals surface area contributed by atoms with Gasteiger partial charge < -0.3 is 4.57 Å². The smallest absolute Gasteiger partial charge is 0.164 e. The van der Waals surface area contributed by atoms with Crippen LogP contribution in [0.5, 0.6) is 0 Å². The number of unbranched alkanes of at least 4 members (excludes halogenated alkanes) is 2. The topological polar surface area (TPSA) is 22.0 Å². The number of carbonyl (C=O) groups excluding carboxylic acids is 1. The van der Waals surface area contributed by atoms with Crippen molar-refractivity contribution in [3.05, 3.63) is 23.0 Å². The van der Waals surface area contributed by atoms with Crippen LogP contribution in [0, 0.1) is 12.3 Å². The molecule has 0 atom stereocenters. The molecule has 1 aromatic rings. The molecule has 0 spiro atoms. The van der Waals surface area contributed by atoms with Gasteiger partial charge in [0.25, 0.3) is 0 Å². The molecule has 1 aliphatic rings. The van der Waals surface area contributed by atoms with Gasteiger partial charge in [0.1, 0.15) is 0 Å². The van der Waals surface area contributed by atoms with Gasteiger partial charge in [-0.15, -0.1) is 0 Å². The highest BCUT2D eigenvalue weighted by Gasteiger charge is 2.26. The molecule has 1 aliphatic carbocycles. The molecule has 2 nitrogen and oxygen atoms in total. The van der Waals surface area contributed by atoms with E-state index in [-0.39, 0.29) is 0 Å². The molecule has 0 aromatic carbocycles. The van der Waals surface area contributed by atoms with E-state index in [0.29, 0.717) is 11.2 Å². The van der Waals surface area contributed by atoms with Crippen LogP contribution in [0.1, 0.15) is 81.0 Å². The maximum absolute atomic E-state index is 12.0. The summed E-state index contributed by atoms with van der Waals surface area (Å²) in [7, 11) is 0. The summed E-state index contributed by atoms with van der Waals surface area (Å²) in [6, 6.07) is 2.11. The summed E-state index contributed by atoms with van der Waals surface area (Å²) in [5, 5.41) is 0. The van der Waals surface area contributed by atoms with Crippen LogP contribution in [-0.4, -0.2) is 10.4 Å². The summed E-state index contributed by atoms with van der Waals surface area (Å²) < 4.78 is 2.42. The third kappa shape index (κ3) is 3.34. The number of fused-ring (bicyclic) bond motifs is 1. The van der Waals surface area contributed by atoms with Gasteiger partial charge in [-0.25, -0.2) is 0 Å². The number of ketones is 1. The Bertz CT molecular complexity index is 482. The van der Waals surface area contributed by atoms with Gasteiger partial charge in [-0.05, 0) is 37.7 Å². The largest absolute Gasteiger partial charge is 0.348 e. The summed E-state index contributed by atoms with van der Waals surface area (Å²) in [4.78, 5) is 12.0.